The third-order valence-corrected chi connectivity index (χ3v) is 3.99. The highest BCUT2D eigenvalue weighted by atomic mass is 16.3. The van der Waals surface area contributed by atoms with E-state index in [2.05, 4.69) is 15.6 Å². The number of rotatable bonds is 4. The van der Waals surface area contributed by atoms with E-state index in [1.807, 2.05) is 25.1 Å². The normalized spacial score (nSPS) is 17.8. The molecule has 5 heteroatoms. The molecule has 1 aromatic heterocycles. The molecular weight excluding hydrogens is 266 g/mol. The molecule has 1 aliphatic carbocycles. The fourth-order valence-electron chi connectivity index (χ4n) is 2.74. The summed E-state index contributed by atoms with van der Waals surface area (Å²) in [5.41, 5.74) is 1.02. The van der Waals surface area contributed by atoms with E-state index < -0.39 is 5.60 Å². The molecule has 116 valence electrons. The summed E-state index contributed by atoms with van der Waals surface area (Å²) in [5, 5.41) is 16.0. The molecule has 1 heterocycles. The number of nitrogens with one attached hydrogen (secondary N) is 2. The first-order chi connectivity index (χ1) is 10.1. The number of aromatic nitrogens is 1. The van der Waals surface area contributed by atoms with Crippen LogP contribution in [0.2, 0.25) is 0 Å². The third-order valence-electron chi connectivity index (χ3n) is 3.99. The molecule has 3 N–H and O–H groups in total. The van der Waals surface area contributed by atoms with Gasteiger partial charge in [-0.15, -0.1) is 0 Å². The summed E-state index contributed by atoms with van der Waals surface area (Å²) in [5.74, 6) is 0. The van der Waals surface area contributed by atoms with Gasteiger partial charge in [-0.1, -0.05) is 31.7 Å². The van der Waals surface area contributed by atoms with Crippen molar-refractivity contribution in [2.45, 2.75) is 57.6 Å². The molecule has 1 fully saturated rings. The van der Waals surface area contributed by atoms with Crippen molar-refractivity contribution >= 4 is 6.03 Å². The molecule has 0 unspecified atom stereocenters. The summed E-state index contributed by atoms with van der Waals surface area (Å²) in [6.07, 6.45) is 5.96. The first-order valence-electron chi connectivity index (χ1n) is 7.74. The van der Waals surface area contributed by atoms with E-state index in [9.17, 15) is 9.90 Å². The highest BCUT2D eigenvalue weighted by Gasteiger charge is 2.28. The van der Waals surface area contributed by atoms with Gasteiger partial charge in [0.05, 0.1) is 17.8 Å². The summed E-state index contributed by atoms with van der Waals surface area (Å²) < 4.78 is 0. The summed E-state index contributed by atoms with van der Waals surface area (Å²) >= 11 is 0. The number of nitrogens with zero attached hydrogens (tertiary/aromatic N) is 1. The Kier molecular flexibility index (Phi) is 5.56. The fraction of sp³-hybridized carbons (Fsp3) is 0.625. The zero-order valence-corrected chi connectivity index (χ0v) is 12.7. The van der Waals surface area contributed by atoms with Crippen LogP contribution in [0.15, 0.2) is 18.2 Å². The monoisotopic (exact) mass is 291 g/mol. The van der Waals surface area contributed by atoms with Crippen molar-refractivity contribution in [2.75, 3.05) is 6.54 Å². The number of carbonyl (C=O) groups excluding carboxylic acids is 1. The van der Waals surface area contributed by atoms with Crippen LogP contribution in [0.4, 0.5) is 4.79 Å². The minimum Gasteiger partial charge on any atom is -0.388 e. The Balaban J connectivity index is 1.74. The van der Waals surface area contributed by atoms with Crippen LogP contribution in [-0.2, 0) is 6.54 Å². The van der Waals surface area contributed by atoms with Crippen LogP contribution in [0.5, 0.6) is 0 Å². The van der Waals surface area contributed by atoms with Crippen molar-refractivity contribution in [3.63, 3.8) is 0 Å². The van der Waals surface area contributed by atoms with Crippen LogP contribution in [0.25, 0.3) is 0 Å². The third kappa shape index (κ3) is 5.34. The molecule has 0 saturated heterocycles. The quantitative estimate of drug-likeness (QED) is 0.745. The second-order valence-corrected chi connectivity index (χ2v) is 5.95. The lowest BCUT2D eigenvalue weighted by Crippen LogP contribution is -2.46. The Morgan fingerprint density at radius 3 is 2.62 bits per heavy atom. The number of hydrogen-bond donors (Lipinski definition) is 3. The van der Waals surface area contributed by atoms with Gasteiger partial charge < -0.3 is 15.7 Å². The molecule has 0 aromatic carbocycles. The molecule has 0 spiro atoms. The predicted molar refractivity (Wildman–Crippen MR) is 81.9 cm³/mol. The Bertz CT molecular complexity index is 468. The zero-order chi connectivity index (χ0) is 15.1. The lowest BCUT2D eigenvalue weighted by atomic mass is 9.95. The van der Waals surface area contributed by atoms with E-state index in [-0.39, 0.29) is 6.03 Å². The van der Waals surface area contributed by atoms with Crippen molar-refractivity contribution in [2.24, 2.45) is 0 Å². The van der Waals surface area contributed by atoms with Crippen molar-refractivity contribution in [3.8, 4) is 0 Å². The van der Waals surface area contributed by atoms with Gasteiger partial charge in [-0.3, -0.25) is 4.98 Å². The summed E-state index contributed by atoms with van der Waals surface area (Å²) in [6, 6.07) is 5.47. The average molecular weight is 291 g/mol. The molecule has 2 rings (SSSR count). The standard InChI is InChI=1S/C16H25N3O2/c1-13-7-6-8-14(19-13)11-17-15(20)18-12-16(21)9-4-2-3-5-10-16/h6-8,21H,2-5,9-12H2,1H3,(H2,17,18,20). The smallest absolute Gasteiger partial charge is 0.315 e. The molecule has 21 heavy (non-hydrogen) atoms. The maximum absolute atomic E-state index is 11.8. The van der Waals surface area contributed by atoms with Crippen LogP contribution >= 0.6 is 0 Å². The molecule has 1 aliphatic rings. The minimum atomic E-state index is -0.741. The van der Waals surface area contributed by atoms with Gasteiger partial charge >= 0.3 is 6.03 Å². The van der Waals surface area contributed by atoms with Gasteiger partial charge in [0.25, 0.3) is 0 Å². The number of pyridine rings is 1. The topological polar surface area (TPSA) is 74.2 Å². The largest absolute Gasteiger partial charge is 0.388 e. The zero-order valence-electron chi connectivity index (χ0n) is 12.7. The molecule has 0 atom stereocenters. The number of amides is 2. The lowest BCUT2D eigenvalue weighted by Gasteiger charge is -2.26. The van der Waals surface area contributed by atoms with Gasteiger partial charge in [0.15, 0.2) is 0 Å². The maximum atomic E-state index is 11.8. The highest BCUT2D eigenvalue weighted by molar-refractivity contribution is 5.73. The van der Waals surface area contributed by atoms with Crippen molar-refractivity contribution < 1.29 is 9.90 Å². The summed E-state index contributed by atoms with van der Waals surface area (Å²) in [4.78, 5) is 16.1. The molecule has 2 amide bonds. The summed E-state index contributed by atoms with van der Waals surface area (Å²) in [6.45, 7) is 2.64. The van der Waals surface area contributed by atoms with E-state index >= 15 is 0 Å². The van der Waals surface area contributed by atoms with Crippen molar-refractivity contribution in [3.05, 3.63) is 29.6 Å². The van der Waals surface area contributed by atoms with Gasteiger partial charge in [0.2, 0.25) is 0 Å². The van der Waals surface area contributed by atoms with Crippen LogP contribution in [0, 0.1) is 6.92 Å². The van der Waals surface area contributed by atoms with Crippen LogP contribution < -0.4 is 10.6 Å². The van der Waals surface area contributed by atoms with Crippen LogP contribution in [-0.4, -0.2) is 28.3 Å². The maximum Gasteiger partial charge on any atom is 0.315 e. The van der Waals surface area contributed by atoms with Crippen LogP contribution in [0.1, 0.15) is 49.9 Å². The molecular formula is C16H25N3O2. The van der Waals surface area contributed by atoms with Gasteiger partial charge in [0, 0.05) is 12.2 Å². The number of aryl methyl sites for hydroxylation is 1. The average Bonchev–Trinajstić information content (AvgIpc) is 2.68. The predicted octanol–water partition coefficient (Wildman–Crippen LogP) is 2.27. The molecule has 0 radical (unpaired) electrons. The second kappa shape index (κ2) is 7.41. The van der Waals surface area contributed by atoms with E-state index in [0.29, 0.717) is 13.1 Å². The minimum absolute atomic E-state index is 0.254. The number of aliphatic hydroxyl groups is 1. The molecule has 1 saturated carbocycles. The number of urea groups is 1. The lowest BCUT2D eigenvalue weighted by molar-refractivity contribution is 0.0276. The molecule has 0 aliphatic heterocycles. The Hall–Kier alpha value is -1.62. The van der Waals surface area contributed by atoms with Gasteiger partial charge in [0.1, 0.15) is 0 Å². The fourth-order valence-corrected chi connectivity index (χ4v) is 2.74. The highest BCUT2D eigenvalue weighted by Crippen LogP contribution is 2.26. The van der Waals surface area contributed by atoms with E-state index in [0.717, 1.165) is 37.1 Å². The van der Waals surface area contributed by atoms with E-state index in [1.165, 1.54) is 12.8 Å². The SMILES string of the molecule is Cc1cccc(CNC(=O)NCC2(O)CCCCCC2)n1. The summed E-state index contributed by atoms with van der Waals surface area (Å²) in [7, 11) is 0. The van der Waals surface area contributed by atoms with Gasteiger partial charge in [-0.2, -0.15) is 0 Å². The van der Waals surface area contributed by atoms with Crippen molar-refractivity contribution in [1.82, 2.24) is 15.6 Å². The Morgan fingerprint density at radius 1 is 1.24 bits per heavy atom. The van der Waals surface area contributed by atoms with Gasteiger partial charge in [-0.25, -0.2) is 4.79 Å². The Labute approximate surface area is 126 Å². The van der Waals surface area contributed by atoms with E-state index in [4.69, 9.17) is 0 Å². The molecule has 1 aromatic rings. The van der Waals surface area contributed by atoms with Crippen LogP contribution in [0.3, 0.4) is 0 Å². The first kappa shape index (κ1) is 15.8. The van der Waals surface area contributed by atoms with E-state index in [1.54, 1.807) is 0 Å². The van der Waals surface area contributed by atoms with Gasteiger partial charge in [-0.05, 0) is 31.9 Å². The first-order valence-corrected chi connectivity index (χ1v) is 7.74. The number of hydrogen-bond acceptors (Lipinski definition) is 3. The van der Waals surface area contributed by atoms with Crippen molar-refractivity contribution in [1.29, 1.82) is 0 Å². The molecule has 0 bridgehead atoms. The Morgan fingerprint density at radius 2 is 1.95 bits per heavy atom. The second-order valence-electron chi connectivity index (χ2n) is 5.95. The molecule has 5 nitrogen and oxygen atoms in total. The number of carbonyl (C=O) groups is 1.